The molecule has 1 saturated heterocycles. The van der Waals surface area contributed by atoms with E-state index in [1.54, 1.807) is 0 Å². The molecular weight excluding hydrogens is 240 g/mol. The molecule has 0 aliphatic carbocycles. The van der Waals surface area contributed by atoms with Gasteiger partial charge in [-0.15, -0.1) is 0 Å². The lowest BCUT2D eigenvalue weighted by Crippen LogP contribution is -2.26. The van der Waals surface area contributed by atoms with Crippen LogP contribution in [-0.2, 0) is 0 Å². The molecule has 0 saturated carbocycles. The molecule has 2 aromatic heterocycles. The first-order valence-corrected chi connectivity index (χ1v) is 6.75. The minimum Gasteiger partial charge on any atom is -0.337 e. The van der Waals surface area contributed by atoms with E-state index in [0.717, 1.165) is 29.9 Å². The van der Waals surface area contributed by atoms with Gasteiger partial charge >= 0.3 is 0 Å². The van der Waals surface area contributed by atoms with Gasteiger partial charge in [0.15, 0.2) is 0 Å². The zero-order chi connectivity index (χ0) is 13.2. The minimum atomic E-state index is 0.207. The van der Waals surface area contributed by atoms with Gasteiger partial charge in [0.05, 0.1) is 6.04 Å². The molecule has 1 atom stereocenters. The van der Waals surface area contributed by atoms with E-state index < -0.39 is 0 Å². The predicted molar refractivity (Wildman–Crippen MR) is 71.6 cm³/mol. The van der Waals surface area contributed by atoms with Crippen LogP contribution in [0.3, 0.4) is 0 Å². The second-order valence-corrected chi connectivity index (χ2v) is 5.10. The van der Waals surface area contributed by atoms with Crippen molar-refractivity contribution in [1.29, 1.82) is 0 Å². The second-order valence-electron chi connectivity index (χ2n) is 5.10. The van der Waals surface area contributed by atoms with Crippen molar-refractivity contribution >= 4 is 0 Å². The van der Waals surface area contributed by atoms with Gasteiger partial charge in [-0.05, 0) is 45.4 Å². The fraction of sp³-hybridized carbons (Fsp3) is 0.500. The van der Waals surface area contributed by atoms with Crippen LogP contribution in [0.2, 0.25) is 0 Å². The summed E-state index contributed by atoms with van der Waals surface area (Å²) in [7, 11) is 0. The van der Waals surface area contributed by atoms with E-state index >= 15 is 0 Å². The first-order valence-electron chi connectivity index (χ1n) is 6.75. The summed E-state index contributed by atoms with van der Waals surface area (Å²) in [6.07, 6.45) is 3.50. The van der Waals surface area contributed by atoms with E-state index in [-0.39, 0.29) is 6.04 Å². The molecule has 3 rings (SSSR count). The number of rotatable bonds is 2. The summed E-state index contributed by atoms with van der Waals surface area (Å²) < 4.78 is 5.39. The molecule has 0 bridgehead atoms. The number of aromatic nitrogens is 3. The van der Waals surface area contributed by atoms with Crippen LogP contribution < -0.4 is 5.32 Å². The van der Waals surface area contributed by atoms with Gasteiger partial charge in [0, 0.05) is 17.0 Å². The fourth-order valence-corrected chi connectivity index (χ4v) is 2.52. The second kappa shape index (κ2) is 5.09. The Balaban J connectivity index is 1.87. The van der Waals surface area contributed by atoms with Crippen LogP contribution in [0, 0.1) is 13.8 Å². The van der Waals surface area contributed by atoms with Gasteiger partial charge in [-0.2, -0.15) is 4.98 Å². The number of hydrogen-bond acceptors (Lipinski definition) is 5. The maximum absolute atomic E-state index is 5.39. The van der Waals surface area contributed by atoms with Crippen LogP contribution >= 0.6 is 0 Å². The molecule has 100 valence electrons. The molecule has 0 radical (unpaired) electrons. The molecule has 1 aliphatic rings. The Morgan fingerprint density at radius 1 is 1.16 bits per heavy atom. The Morgan fingerprint density at radius 3 is 2.63 bits per heavy atom. The average molecular weight is 258 g/mol. The van der Waals surface area contributed by atoms with Crippen LogP contribution in [0.1, 0.15) is 42.6 Å². The maximum atomic E-state index is 5.39. The summed E-state index contributed by atoms with van der Waals surface area (Å²) in [5.41, 5.74) is 2.91. The van der Waals surface area contributed by atoms with E-state index in [4.69, 9.17) is 4.52 Å². The highest BCUT2D eigenvalue weighted by atomic mass is 16.5. The highest BCUT2D eigenvalue weighted by Gasteiger charge is 2.21. The Kier molecular flexibility index (Phi) is 3.29. The summed E-state index contributed by atoms with van der Waals surface area (Å²) >= 11 is 0. The number of hydrogen-bond donors (Lipinski definition) is 1. The third-order valence-electron chi connectivity index (χ3n) is 3.39. The van der Waals surface area contributed by atoms with E-state index in [2.05, 4.69) is 20.4 Å². The molecule has 1 unspecified atom stereocenters. The molecule has 5 heteroatoms. The maximum Gasteiger partial charge on any atom is 0.244 e. The number of piperidine rings is 1. The number of aryl methyl sites for hydroxylation is 2. The van der Waals surface area contributed by atoms with Crippen LogP contribution in [-0.4, -0.2) is 21.7 Å². The number of nitrogens with one attached hydrogen (secondary N) is 1. The van der Waals surface area contributed by atoms with Crippen molar-refractivity contribution in [2.45, 2.75) is 39.2 Å². The van der Waals surface area contributed by atoms with Gasteiger partial charge in [-0.1, -0.05) is 11.6 Å². The third-order valence-corrected chi connectivity index (χ3v) is 3.39. The van der Waals surface area contributed by atoms with Gasteiger partial charge in [-0.25, -0.2) is 0 Å². The first kappa shape index (κ1) is 12.3. The third kappa shape index (κ3) is 2.66. The van der Waals surface area contributed by atoms with Crippen LogP contribution in [0.15, 0.2) is 16.7 Å². The molecule has 3 heterocycles. The predicted octanol–water partition coefficient (Wildman–Crippen LogP) is 2.56. The summed E-state index contributed by atoms with van der Waals surface area (Å²) in [6, 6.07) is 4.17. The van der Waals surface area contributed by atoms with E-state index in [1.807, 2.05) is 26.0 Å². The van der Waals surface area contributed by atoms with Crippen molar-refractivity contribution in [2.24, 2.45) is 0 Å². The number of pyridine rings is 1. The molecule has 2 aromatic rings. The lowest BCUT2D eigenvalue weighted by molar-refractivity contribution is 0.297. The standard InChI is InChI=1S/C14H18N4O/c1-9-7-11(8-10(2)16-9)13-17-14(19-18-13)12-5-3-4-6-15-12/h7-8,12,15H,3-6H2,1-2H3. The zero-order valence-corrected chi connectivity index (χ0v) is 11.3. The molecular formula is C14H18N4O. The summed E-state index contributed by atoms with van der Waals surface area (Å²) in [4.78, 5) is 8.88. The largest absolute Gasteiger partial charge is 0.337 e. The van der Waals surface area contributed by atoms with E-state index in [0.29, 0.717) is 11.7 Å². The van der Waals surface area contributed by atoms with Crippen molar-refractivity contribution in [3.8, 4) is 11.4 Å². The van der Waals surface area contributed by atoms with Crippen molar-refractivity contribution in [3.05, 3.63) is 29.4 Å². The molecule has 1 N–H and O–H groups in total. The van der Waals surface area contributed by atoms with Crippen LogP contribution in [0.25, 0.3) is 11.4 Å². The van der Waals surface area contributed by atoms with Crippen molar-refractivity contribution < 1.29 is 4.52 Å². The molecule has 0 amide bonds. The van der Waals surface area contributed by atoms with Crippen molar-refractivity contribution in [3.63, 3.8) is 0 Å². The highest BCUT2D eigenvalue weighted by Crippen LogP contribution is 2.24. The zero-order valence-electron chi connectivity index (χ0n) is 11.3. The van der Waals surface area contributed by atoms with E-state index in [1.165, 1.54) is 12.8 Å². The molecule has 1 fully saturated rings. The minimum absolute atomic E-state index is 0.207. The Labute approximate surface area is 112 Å². The van der Waals surface area contributed by atoms with Gasteiger partial charge in [-0.3, -0.25) is 4.98 Å². The Morgan fingerprint density at radius 2 is 1.95 bits per heavy atom. The Bertz CT molecular complexity index is 552. The van der Waals surface area contributed by atoms with E-state index in [9.17, 15) is 0 Å². The van der Waals surface area contributed by atoms with Crippen LogP contribution in [0.4, 0.5) is 0 Å². The first-order chi connectivity index (χ1) is 9.22. The van der Waals surface area contributed by atoms with Crippen molar-refractivity contribution in [1.82, 2.24) is 20.4 Å². The quantitative estimate of drug-likeness (QED) is 0.896. The topological polar surface area (TPSA) is 63.8 Å². The summed E-state index contributed by atoms with van der Waals surface area (Å²) in [5, 5.41) is 7.50. The molecule has 0 aromatic carbocycles. The number of nitrogens with zero attached hydrogens (tertiary/aromatic N) is 3. The molecule has 19 heavy (non-hydrogen) atoms. The van der Waals surface area contributed by atoms with Gasteiger partial charge in [0.2, 0.25) is 11.7 Å². The van der Waals surface area contributed by atoms with Crippen molar-refractivity contribution in [2.75, 3.05) is 6.54 Å². The highest BCUT2D eigenvalue weighted by molar-refractivity contribution is 5.55. The summed E-state index contributed by atoms with van der Waals surface area (Å²) in [6.45, 7) is 4.97. The monoisotopic (exact) mass is 258 g/mol. The van der Waals surface area contributed by atoms with Gasteiger partial charge < -0.3 is 9.84 Å². The fourth-order valence-electron chi connectivity index (χ4n) is 2.52. The lowest BCUT2D eigenvalue weighted by Gasteiger charge is -2.19. The lowest BCUT2D eigenvalue weighted by atomic mass is 10.1. The molecule has 1 aliphatic heterocycles. The SMILES string of the molecule is Cc1cc(-c2noc(C3CCCCN3)n2)cc(C)n1. The van der Waals surface area contributed by atoms with Crippen LogP contribution in [0.5, 0.6) is 0 Å². The Hall–Kier alpha value is -1.75. The summed E-state index contributed by atoms with van der Waals surface area (Å²) in [5.74, 6) is 1.35. The smallest absolute Gasteiger partial charge is 0.244 e. The molecule has 0 spiro atoms. The van der Waals surface area contributed by atoms with Gasteiger partial charge in [0.25, 0.3) is 0 Å². The molecule has 5 nitrogen and oxygen atoms in total. The normalized spacial score (nSPS) is 19.6. The average Bonchev–Trinajstić information content (AvgIpc) is 2.88. The van der Waals surface area contributed by atoms with Gasteiger partial charge in [0.1, 0.15) is 0 Å².